The average molecular weight is 456 g/mol. The van der Waals surface area contributed by atoms with Gasteiger partial charge in [-0.15, -0.1) is 0 Å². The minimum absolute atomic E-state index is 0.0465. The Bertz CT molecular complexity index is 1300. The van der Waals surface area contributed by atoms with Crippen LogP contribution in [0.2, 0.25) is 0 Å². The second kappa shape index (κ2) is 8.65. The van der Waals surface area contributed by atoms with Crippen LogP contribution in [0.1, 0.15) is 40.7 Å². The lowest BCUT2D eigenvalue weighted by atomic mass is 9.80. The Kier molecular flexibility index (Phi) is 5.51. The van der Waals surface area contributed by atoms with Crippen LogP contribution in [-0.2, 0) is 0 Å². The molecule has 0 fully saturated rings. The molecule has 0 bridgehead atoms. The van der Waals surface area contributed by atoms with Crippen LogP contribution in [0.3, 0.4) is 0 Å². The lowest BCUT2D eigenvalue weighted by Gasteiger charge is -2.25. The number of aliphatic hydroxyl groups excluding tert-OH is 2. The predicted molar refractivity (Wildman–Crippen MR) is 129 cm³/mol. The van der Waals surface area contributed by atoms with Crippen LogP contribution in [0.5, 0.6) is 23.0 Å². The Morgan fingerprint density at radius 3 is 2.15 bits per heavy atom. The van der Waals surface area contributed by atoms with Crippen LogP contribution in [0, 0.1) is 0 Å². The van der Waals surface area contributed by atoms with Gasteiger partial charge in [-0.3, -0.25) is 0 Å². The topological polar surface area (TPSA) is 110 Å². The number of phenols is 3. The van der Waals surface area contributed by atoms with Gasteiger partial charge >= 0.3 is 0 Å². The van der Waals surface area contributed by atoms with Gasteiger partial charge in [-0.1, -0.05) is 42.5 Å². The summed E-state index contributed by atoms with van der Waals surface area (Å²) in [5.41, 5.74) is 3.92. The highest BCUT2D eigenvalue weighted by Gasteiger charge is 2.40. The molecule has 0 aromatic heterocycles. The van der Waals surface area contributed by atoms with E-state index < -0.39 is 12.2 Å². The maximum atomic E-state index is 10.4. The fourth-order valence-electron chi connectivity index (χ4n) is 4.58. The van der Waals surface area contributed by atoms with E-state index in [1.807, 2.05) is 12.2 Å². The zero-order chi connectivity index (χ0) is 23.8. The maximum Gasteiger partial charge on any atom is 0.135 e. The minimum atomic E-state index is -0.822. The van der Waals surface area contributed by atoms with Crippen molar-refractivity contribution in [3.05, 3.63) is 106 Å². The first-order valence-electron chi connectivity index (χ1n) is 11.0. The summed E-state index contributed by atoms with van der Waals surface area (Å²) in [7, 11) is 0. The van der Waals surface area contributed by atoms with E-state index >= 15 is 0 Å². The molecule has 0 amide bonds. The highest BCUT2D eigenvalue weighted by molar-refractivity contribution is 5.75. The van der Waals surface area contributed by atoms with Crippen LogP contribution in [-0.4, -0.2) is 31.6 Å². The van der Waals surface area contributed by atoms with Gasteiger partial charge in [0.2, 0.25) is 0 Å². The first-order valence-corrected chi connectivity index (χ1v) is 11.0. The molecule has 172 valence electrons. The Labute approximate surface area is 196 Å². The Hall–Kier alpha value is -4.16. The van der Waals surface area contributed by atoms with Gasteiger partial charge in [-0.2, -0.15) is 0 Å². The van der Waals surface area contributed by atoms with E-state index in [1.165, 1.54) is 0 Å². The SMILES string of the molecule is OC1=CC([C@@H]2c3c(C=Cc4ccc(O)cc4)cc(O)cc3O[C@H]2c2ccc(O)cc2)=C[C@@H](O)C1. The molecule has 0 unspecified atom stereocenters. The molecule has 3 aromatic rings. The van der Waals surface area contributed by atoms with Crippen LogP contribution >= 0.6 is 0 Å². The molecule has 0 saturated carbocycles. The molecule has 34 heavy (non-hydrogen) atoms. The first kappa shape index (κ1) is 21.7. The number of benzene rings is 3. The summed E-state index contributed by atoms with van der Waals surface area (Å²) in [6, 6.07) is 16.7. The van der Waals surface area contributed by atoms with E-state index in [4.69, 9.17) is 4.74 Å². The van der Waals surface area contributed by atoms with Crippen LogP contribution in [0.4, 0.5) is 0 Å². The van der Waals surface area contributed by atoms with Crippen molar-refractivity contribution >= 4 is 12.2 Å². The number of rotatable bonds is 4. The largest absolute Gasteiger partial charge is 0.512 e. The van der Waals surface area contributed by atoms with Crippen molar-refractivity contribution in [1.29, 1.82) is 0 Å². The molecule has 1 aliphatic carbocycles. The van der Waals surface area contributed by atoms with E-state index in [0.29, 0.717) is 11.3 Å². The van der Waals surface area contributed by atoms with Crippen molar-refractivity contribution in [2.24, 2.45) is 0 Å². The predicted octanol–water partition coefficient (Wildman–Crippen LogP) is 5.32. The maximum absolute atomic E-state index is 10.4. The number of aliphatic hydroxyl groups is 2. The van der Waals surface area contributed by atoms with Crippen molar-refractivity contribution in [2.45, 2.75) is 24.5 Å². The molecule has 1 heterocycles. The molecule has 1 aliphatic heterocycles. The number of ether oxygens (including phenoxy) is 1. The number of phenolic OH excluding ortho intramolecular Hbond substituents is 3. The highest BCUT2D eigenvalue weighted by Crippen LogP contribution is 2.53. The average Bonchev–Trinajstić information content (AvgIpc) is 3.17. The monoisotopic (exact) mass is 456 g/mol. The molecule has 5 N–H and O–H groups in total. The first-order chi connectivity index (χ1) is 16.4. The standard InChI is InChI=1S/C28H24O6/c29-20-7-2-16(3-8-20)1-4-18-11-24(33)15-25-26(18)27(19-12-22(31)14-23(32)13-19)28(34-25)17-5-9-21(30)10-6-17/h1-13,15,22,27-33H,14H2/t22-,27-,28+/m1/s1. The van der Waals surface area contributed by atoms with Crippen molar-refractivity contribution in [2.75, 3.05) is 0 Å². The molecule has 6 heteroatoms. The molecule has 5 rings (SSSR count). The number of allylic oxidation sites excluding steroid dienone is 1. The number of fused-ring (bicyclic) bond motifs is 1. The molecule has 0 saturated heterocycles. The summed E-state index contributed by atoms with van der Waals surface area (Å²) < 4.78 is 6.32. The minimum Gasteiger partial charge on any atom is -0.512 e. The van der Waals surface area contributed by atoms with Crippen molar-refractivity contribution in [3.63, 3.8) is 0 Å². The van der Waals surface area contributed by atoms with Crippen LogP contribution < -0.4 is 4.74 Å². The second-order valence-corrected chi connectivity index (χ2v) is 8.55. The highest BCUT2D eigenvalue weighted by atomic mass is 16.5. The van der Waals surface area contributed by atoms with Crippen molar-refractivity contribution in [3.8, 4) is 23.0 Å². The summed E-state index contributed by atoms with van der Waals surface area (Å²) in [6.45, 7) is 0. The molecule has 0 spiro atoms. The summed E-state index contributed by atoms with van der Waals surface area (Å²) in [4.78, 5) is 0. The molecule has 2 aliphatic rings. The van der Waals surface area contributed by atoms with Crippen molar-refractivity contribution < 1.29 is 30.3 Å². The number of hydrogen-bond donors (Lipinski definition) is 5. The summed E-state index contributed by atoms with van der Waals surface area (Å²) in [6.07, 6.45) is 5.94. The second-order valence-electron chi connectivity index (χ2n) is 8.55. The van der Waals surface area contributed by atoms with Gasteiger partial charge in [0, 0.05) is 18.1 Å². The lowest BCUT2D eigenvalue weighted by molar-refractivity contribution is 0.193. The third-order valence-electron chi connectivity index (χ3n) is 6.09. The number of aromatic hydroxyl groups is 3. The third-order valence-corrected chi connectivity index (χ3v) is 6.09. The molecule has 3 atom stereocenters. The zero-order valence-corrected chi connectivity index (χ0v) is 18.2. The fraction of sp³-hybridized carbons (Fsp3) is 0.143. The van der Waals surface area contributed by atoms with Crippen LogP contribution in [0.25, 0.3) is 12.2 Å². The molecular formula is C28H24O6. The van der Waals surface area contributed by atoms with Gasteiger partial charge in [0.15, 0.2) is 0 Å². The van der Waals surface area contributed by atoms with E-state index in [-0.39, 0.29) is 35.3 Å². The van der Waals surface area contributed by atoms with Gasteiger partial charge < -0.3 is 30.3 Å². The van der Waals surface area contributed by atoms with Gasteiger partial charge in [-0.05, 0) is 58.7 Å². The third kappa shape index (κ3) is 4.23. The Morgan fingerprint density at radius 1 is 0.794 bits per heavy atom. The quantitative estimate of drug-likeness (QED) is 0.340. The van der Waals surface area contributed by atoms with Gasteiger partial charge in [0.25, 0.3) is 0 Å². The summed E-state index contributed by atoms with van der Waals surface area (Å²) >= 11 is 0. The zero-order valence-electron chi connectivity index (χ0n) is 18.2. The fourth-order valence-corrected chi connectivity index (χ4v) is 4.58. The number of hydrogen-bond acceptors (Lipinski definition) is 6. The molecule has 6 nitrogen and oxygen atoms in total. The molecule has 3 aromatic carbocycles. The smallest absolute Gasteiger partial charge is 0.135 e. The summed E-state index contributed by atoms with van der Waals surface area (Å²) in [5, 5.41) is 50.3. The summed E-state index contributed by atoms with van der Waals surface area (Å²) in [5.74, 6) is 0.568. The molecule has 0 radical (unpaired) electrons. The Morgan fingerprint density at radius 2 is 1.47 bits per heavy atom. The van der Waals surface area contributed by atoms with Crippen LogP contribution in [0.15, 0.2) is 84.1 Å². The van der Waals surface area contributed by atoms with E-state index in [9.17, 15) is 25.5 Å². The van der Waals surface area contributed by atoms with E-state index in [2.05, 4.69) is 0 Å². The lowest BCUT2D eigenvalue weighted by Crippen LogP contribution is -2.17. The molecular weight excluding hydrogens is 432 g/mol. The van der Waals surface area contributed by atoms with E-state index in [0.717, 1.165) is 22.3 Å². The van der Waals surface area contributed by atoms with Gasteiger partial charge in [-0.25, -0.2) is 0 Å². The normalized spacial score (nSPS) is 21.6. The van der Waals surface area contributed by atoms with Gasteiger partial charge in [0.1, 0.15) is 29.1 Å². The Balaban J connectivity index is 1.64. The van der Waals surface area contributed by atoms with Crippen molar-refractivity contribution in [1.82, 2.24) is 0 Å². The van der Waals surface area contributed by atoms with E-state index in [1.54, 1.807) is 72.8 Å². The van der Waals surface area contributed by atoms with Gasteiger partial charge in [0.05, 0.1) is 17.8 Å².